The summed E-state index contributed by atoms with van der Waals surface area (Å²) < 4.78 is 202. The van der Waals surface area contributed by atoms with Crippen LogP contribution in [0.4, 0.5) is 48.3 Å². The molecule has 0 aromatic rings. The summed E-state index contributed by atoms with van der Waals surface area (Å²) in [4.78, 5) is 0. The summed E-state index contributed by atoms with van der Waals surface area (Å²) in [7, 11) is -21.7. The molecule has 0 rings (SSSR count). The molecule has 0 spiro atoms. The van der Waals surface area contributed by atoms with Crippen LogP contribution in [-0.4, -0.2) is 58.4 Å². The van der Waals surface area contributed by atoms with E-state index in [9.17, 15) is 73.5 Å². The molecule has 0 saturated carbocycles. The van der Waals surface area contributed by atoms with Crippen LogP contribution in [-0.2, 0) is 34.0 Å². The predicted molar refractivity (Wildman–Crippen MR) is 68.8 cm³/mol. The van der Waals surface area contributed by atoms with Gasteiger partial charge in [0.05, 0.1) is 6.10 Å². The number of sulfone groups is 2. The molecule has 0 radical (unpaired) electrons. The van der Waals surface area contributed by atoms with Gasteiger partial charge in [0.25, 0.3) is 19.7 Å². The van der Waals surface area contributed by atoms with Crippen LogP contribution >= 0.6 is 0 Å². The Balaban J connectivity index is 6.24. The fourth-order valence-corrected chi connectivity index (χ4v) is 6.00. The second-order valence-electron chi connectivity index (χ2n) is 5.02. The van der Waals surface area contributed by atoms with Crippen molar-refractivity contribution in [1.82, 2.24) is 0 Å². The second-order valence-corrected chi connectivity index (χ2v) is 11.2. The van der Waals surface area contributed by atoms with E-state index in [0.29, 0.717) is 0 Å². The molecule has 0 aliphatic carbocycles. The van der Waals surface area contributed by atoms with Gasteiger partial charge in [0, 0.05) is 6.42 Å². The fourth-order valence-electron chi connectivity index (χ4n) is 1.45. The first-order chi connectivity index (χ1) is 12.2. The van der Waals surface area contributed by atoms with E-state index in [4.69, 9.17) is 0 Å². The summed E-state index contributed by atoms with van der Waals surface area (Å²) >= 11 is 0. The average molecular weight is 520 g/mol. The average Bonchev–Trinajstić information content (AvgIpc) is 2.39. The van der Waals surface area contributed by atoms with Crippen LogP contribution in [0.5, 0.6) is 0 Å². The van der Waals surface area contributed by atoms with Gasteiger partial charge in [0.1, 0.15) is 0 Å². The summed E-state index contributed by atoms with van der Waals surface area (Å²) in [6.45, 7) is -0.0468. The zero-order valence-electron chi connectivity index (χ0n) is 13.1. The standard InChI is InChI=1S/C8H7F11O7S3/c1-3(26-29(24,25)6(12,13)5(9,10)11)2-4(27(20,21)7(14,15)16)28(22,23)8(17,18)19/h3-4H,2H2,1H3. The largest absolute Gasteiger partial charge is 0.498 e. The lowest BCUT2D eigenvalue weighted by atomic mass is 10.3. The fraction of sp³-hybridized carbons (Fsp3) is 1.00. The van der Waals surface area contributed by atoms with E-state index < -0.39 is 69.3 Å². The van der Waals surface area contributed by atoms with Gasteiger partial charge in [-0.3, -0.25) is 4.18 Å². The highest BCUT2D eigenvalue weighted by molar-refractivity contribution is 8.09. The number of hydrogen-bond donors (Lipinski definition) is 0. The van der Waals surface area contributed by atoms with Crippen molar-refractivity contribution in [3.63, 3.8) is 0 Å². The Labute approximate surface area is 154 Å². The molecule has 0 amide bonds. The Bertz CT molecular complexity index is 865. The van der Waals surface area contributed by atoms with Crippen LogP contribution in [0.25, 0.3) is 0 Å². The zero-order valence-corrected chi connectivity index (χ0v) is 15.6. The van der Waals surface area contributed by atoms with Gasteiger partial charge in [0.2, 0.25) is 0 Å². The van der Waals surface area contributed by atoms with Crippen molar-refractivity contribution in [2.75, 3.05) is 0 Å². The molecule has 0 bridgehead atoms. The van der Waals surface area contributed by atoms with Crippen LogP contribution in [0.3, 0.4) is 0 Å². The van der Waals surface area contributed by atoms with Crippen molar-refractivity contribution in [3.8, 4) is 0 Å². The molecule has 0 aromatic carbocycles. The monoisotopic (exact) mass is 520 g/mol. The van der Waals surface area contributed by atoms with Crippen molar-refractivity contribution in [2.24, 2.45) is 0 Å². The van der Waals surface area contributed by atoms with Crippen LogP contribution in [0.15, 0.2) is 0 Å². The highest BCUT2D eigenvalue weighted by atomic mass is 32.3. The summed E-state index contributed by atoms with van der Waals surface area (Å²) in [6, 6.07) is 0. The molecular formula is C8H7F11O7S3. The molecule has 0 aliphatic heterocycles. The Morgan fingerprint density at radius 1 is 0.690 bits per heavy atom. The van der Waals surface area contributed by atoms with Crippen molar-refractivity contribution < 1.29 is 77.7 Å². The second kappa shape index (κ2) is 7.62. The van der Waals surface area contributed by atoms with Gasteiger partial charge in [-0.15, -0.1) is 0 Å². The molecule has 0 aliphatic rings. The maximum absolute atomic E-state index is 12.8. The smallest absolute Gasteiger partial charge is 0.262 e. The van der Waals surface area contributed by atoms with Gasteiger partial charge < -0.3 is 0 Å². The Morgan fingerprint density at radius 3 is 1.24 bits per heavy atom. The van der Waals surface area contributed by atoms with E-state index >= 15 is 0 Å². The lowest BCUT2D eigenvalue weighted by molar-refractivity contribution is -0.244. The van der Waals surface area contributed by atoms with Crippen molar-refractivity contribution in [2.45, 2.75) is 46.5 Å². The van der Waals surface area contributed by atoms with Gasteiger partial charge >= 0.3 is 32.6 Å². The first-order valence-corrected chi connectivity index (χ1v) is 10.7. The highest BCUT2D eigenvalue weighted by Crippen LogP contribution is 2.42. The van der Waals surface area contributed by atoms with Crippen molar-refractivity contribution >= 4 is 29.8 Å². The molecular weight excluding hydrogens is 513 g/mol. The number of alkyl halides is 11. The van der Waals surface area contributed by atoms with Gasteiger partial charge in [-0.2, -0.15) is 56.7 Å². The first-order valence-electron chi connectivity index (χ1n) is 6.21. The van der Waals surface area contributed by atoms with Gasteiger partial charge in [-0.05, 0) is 6.92 Å². The SMILES string of the molecule is CC(CC(S(=O)(=O)C(F)(F)F)S(=O)(=O)C(F)(F)F)OS(=O)(=O)C(F)(F)C(F)(F)F. The zero-order chi connectivity index (χ0) is 24.1. The third kappa shape index (κ3) is 5.40. The minimum absolute atomic E-state index is 0.0468. The van der Waals surface area contributed by atoms with Gasteiger partial charge in [-0.1, -0.05) is 0 Å². The summed E-state index contributed by atoms with van der Waals surface area (Å²) in [5.74, 6) is 0. The molecule has 0 aromatic heterocycles. The van der Waals surface area contributed by atoms with E-state index in [-0.39, 0.29) is 6.92 Å². The first kappa shape index (κ1) is 28.0. The molecule has 7 nitrogen and oxygen atoms in total. The quantitative estimate of drug-likeness (QED) is 0.375. The number of halogens is 11. The number of hydrogen-bond acceptors (Lipinski definition) is 7. The third-order valence-electron chi connectivity index (χ3n) is 2.80. The van der Waals surface area contributed by atoms with Crippen LogP contribution < -0.4 is 0 Å². The van der Waals surface area contributed by atoms with Crippen molar-refractivity contribution in [1.29, 1.82) is 0 Å². The molecule has 0 fully saturated rings. The van der Waals surface area contributed by atoms with E-state index in [2.05, 4.69) is 4.18 Å². The summed E-state index contributed by atoms with van der Waals surface area (Å²) in [5.41, 5.74) is -13.3. The Hall–Kier alpha value is -0.960. The number of rotatable bonds is 7. The van der Waals surface area contributed by atoms with Crippen LogP contribution in [0.1, 0.15) is 13.3 Å². The third-order valence-corrected chi connectivity index (χ3v) is 8.82. The molecule has 0 heterocycles. The van der Waals surface area contributed by atoms with Gasteiger partial charge in [-0.25, -0.2) is 16.8 Å². The lowest BCUT2D eigenvalue weighted by Gasteiger charge is -2.25. The van der Waals surface area contributed by atoms with Crippen molar-refractivity contribution in [3.05, 3.63) is 0 Å². The normalized spacial score (nSPS) is 16.9. The molecule has 1 atom stereocenters. The minimum atomic E-state index is -7.29. The van der Waals surface area contributed by atoms with E-state index in [1.807, 2.05) is 0 Å². The maximum Gasteiger partial charge on any atom is 0.498 e. The van der Waals surface area contributed by atoms with Crippen LogP contribution in [0.2, 0.25) is 0 Å². The predicted octanol–water partition coefficient (Wildman–Crippen LogP) is 2.46. The molecule has 0 N–H and O–H groups in total. The van der Waals surface area contributed by atoms with Gasteiger partial charge in [0.15, 0.2) is 4.58 Å². The minimum Gasteiger partial charge on any atom is -0.262 e. The Kier molecular flexibility index (Phi) is 7.37. The molecule has 21 heteroatoms. The topological polar surface area (TPSA) is 112 Å². The maximum atomic E-state index is 12.8. The lowest BCUT2D eigenvalue weighted by Crippen LogP contribution is -2.48. The van der Waals surface area contributed by atoms with E-state index in [0.717, 1.165) is 0 Å². The Morgan fingerprint density at radius 2 is 1.00 bits per heavy atom. The van der Waals surface area contributed by atoms with E-state index in [1.165, 1.54) is 0 Å². The highest BCUT2D eigenvalue weighted by Gasteiger charge is 2.69. The molecule has 1 unspecified atom stereocenters. The molecule has 29 heavy (non-hydrogen) atoms. The van der Waals surface area contributed by atoms with Crippen LogP contribution in [0, 0.1) is 0 Å². The summed E-state index contributed by atoms with van der Waals surface area (Å²) in [5, 5.41) is -6.71. The van der Waals surface area contributed by atoms with E-state index in [1.54, 1.807) is 0 Å². The molecule has 176 valence electrons. The summed E-state index contributed by atoms with van der Waals surface area (Å²) in [6.07, 6.45) is -12.6. The molecule has 0 saturated heterocycles.